The molecule has 0 aromatic carbocycles. The van der Waals surface area contributed by atoms with Gasteiger partial charge in [-0.05, 0) is 34.8 Å². The van der Waals surface area contributed by atoms with Crippen molar-refractivity contribution in [2.75, 3.05) is 6.54 Å². The van der Waals surface area contributed by atoms with Crippen LogP contribution >= 0.6 is 15.9 Å². The first kappa shape index (κ1) is 12.4. The quantitative estimate of drug-likeness (QED) is 0.909. The Bertz CT molecular complexity index is 573. The van der Waals surface area contributed by atoms with Crippen LogP contribution in [0.25, 0.3) is 0 Å². The number of nitrogens with one attached hydrogen (secondary N) is 1. The summed E-state index contributed by atoms with van der Waals surface area (Å²) in [7, 11) is 0. The van der Waals surface area contributed by atoms with Crippen LogP contribution in [0.15, 0.2) is 29.1 Å². The van der Waals surface area contributed by atoms with Crippen molar-refractivity contribution < 1.29 is 4.79 Å². The molecule has 3 rings (SSSR count). The Kier molecular flexibility index (Phi) is 3.37. The maximum Gasteiger partial charge on any atom is 0.268 e. The summed E-state index contributed by atoms with van der Waals surface area (Å²) in [5.41, 5.74) is 0.716. The molecule has 2 aromatic heterocycles. The van der Waals surface area contributed by atoms with Gasteiger partial charge in [0.25, 0.3) is 5.91 Å². The summed E-state index contributed by atoms with van der Waals surface area (Å²) in [6.07, 6.45) is 7.68. The number of halogens is 1. The van der Waals surface area contributed by atoms with Gasteiger partial charge in [-0.15, -0.1) is 5.10 Å². The van der Waals surface area contributed by atoms with Gasteiger partial charge in [0.2, 0.25) is 0 Å². The average Bonchev–Trinajstić information content (AvgIpc) is 2.96. The highest BCUT2D eigenvalue weighted by atomic mass is 79.9. The number of hydrogen-bond acceptors (Lipinski definition) is 3. The van der Waals surface area contributed by atoms with Gasteiger partial charge in [-0.3, -0.25) is 9.48 Å². The first-order valence-corrected chi connectivity index (χ1v) is 7.03. The van der Waals surface area contributed by atoms with Crippen LogP contribution < -0.4 is 5.32 Å². The molecular formula is C12H14BrN5O. The van der Waals surface area contributed by atoms with Crippen LogP contribution in [0.5, 0.6) is 0 Å². The molecule has 0 bridgehead atoms. The van der Waals surface area contributed by atoms with Crippen molar-refractivity contribution >= 4 is 21.8 Å². The number of nitrogens with zero attached hydrogens (tertiary/aromatic N) is 4. The molecule has 1 amide bonds. The number of aromatic nitrogens is 4. The molecule has 19 heavy (non-hydrogen) atoms. The van der Waals surface area contributed by atoms with Crippen molar-refractivity contribution in [1.29, 1.82) is 0 Å². The number of rotatable bonds is 5. The fourth-order valence-electron chi connectivity index (χ4n) is 2.01. The van der Waals surface area contributed by atoms with Crippen LogP contribution in [0.1, 0.15) is 29.4 Å². The lowest BCUT2D eigenvalue weighted by Crippen LogP contribution is -2.29. The number of hydrogen-bond donors (Lipinski definition) is 1. The van der Waals surface area contributed by atoms with E-state index >= 15 is 0 Å². The standard InChI is InChI=1S/C12H14BrN5O/c13-9-7-11(18(8-9)10-1-2-10)12(19)14-3-5-17-6-4-15-16-17/h4,6-8,10H,1-3,5H2,(H,14,19). The predicted octanol–water partition coefficient (Wildman–Crippen LogP) is 1.61. The van der Waals surface area contributed by atoms with Crippen LogP contribution in [0, 0.1) is 0 Å². The maximum absolute atomic E-state index is 12.1. The van der Waals surface area contributed by atoms with E-state index in [0.29, 0.717) is 24.8 Å². The van der Waals surface area contributed by atoms with Gasteiger partial charge in [-0.2, -0.15) is 0 Å². The summed E-state index contributed by atoms with van der Waals surface area (Å²) in [5, 5.41) is 10.5. The van der Waals surface area contributed by atoms with Gasteiger partial charge in [-0.1, -0.05) is 5.21 Å². The van der Waals surface area contributed by atoms with Crippen LogP contribution in [-0.2, 0) is 6.54 Å². The summed E-state index contributed by atoms with van der Waals surface area (Å²) in [6.45, 7) is 1.16. The molecule has 1 fully saturated rings. The van der Waals surface area contributed by atoms with Crippen LogP contribution in [0.4, 0.5) is 0 Å². The maximum atomic E-state index is 12.1. The molecular weight excluding hydrogens is 310 g/mol. The zero-order valence-corrected chi connectivity index (χ0v) is 11.9. The van der Waals surface area contributed by atoms with Crippen LogP contribution in [-0.4, -0.2) is 32.0 Å². The molecule has 2 heterocycles. The molecule has 0 spiro atoms. The first-order chi connectivity index (χ1) is 9.24. The molecule has 1 aliphatic rings. The van der Waals surface area contributed by atoms with Gasteiger partial charge in [0.05, 0.1) is 12.7 Å². The second-order valence-electron chi connectivity index (χ2n) is 4.60. The van der Waals surface area contributed by atoms with E-state index < -0.39 is 0 Å². The zero-order valence-electron chi connectivity index (χ0n) is 10.3. The fraction of sp³-hybridized carbons (Fsp3) is 0.417. The molecule has 0 saturated heterocycles. The number of carbonyl (C=O) groups excluding carboxylic acids is 1. The smallest absolute Gasteiger partial charge is 0.268 e. The Morgan fingerprint density at radius 2 is 2.37 bits per heavy atom. The highest BCUT2D eigenvalue weighted by Crippen LogP contribution is 2.37. The Balaban J connectivity index is 1.60. The lowest BCUT2D eigenvalue weighted by atomic mass is 10.4. The van der Waals surface area contributed by atoms with Gasteiger partial charge in [0.1, 0.15) is 5.69 Å². The summed E-state index contributed by atoms with van der Waals surface area (Å²) >= 11 is 3.42. The van der Waals surface area contributed by atoms with Crippen molar-refractivity contribution in [1.82, 2.24) is 24.9 Å². The van der Waals surface area contributed by atoms with Gasteiger partial charge >= 0.3 is 0 Å². The zero-order chi connectivity index (χ0) is 13.2. The Morgan fingerprint density at radius 3 is 3.05 bits per heavy atom. The van der Waals surface area contributed by atoms with Crippen molar-refractivity contribution in [3.63, 3.8) is 0 Å². The number of amides is 1. The molecule has 2 aromatic rings. The normalized spacial score (nSPS) is 14.6. The minimum absolute atomic E-state index is 0.0438. The third-order valence-corrected chi connectivity index (χ3v) is 3.52. The van der Waals surface area contributed by atoms with Crippen LogP contribution in [0.2, 0.25) is 0 Å². The lowest BCUT2D eigenvalue weighted by Gasteiger charge is -2.08. The summed E-state index contributed by atoms with van der Waals surface area (Å²) in [5.74, 6) is -0.0438. The Hall–Kier alpha value is -1.63. The lowest BCUT2D eigenvalue weighted by molar-refractivity contribution is 0.0942. The van der Waals surface area contributed by atoms with E-state index in [-0.39, 0.29) is 5.91 Å². The van der Waals surface area contributed by atoms with Crippen LogP contribution in [0.3, 0.4) is 0 Å². The van der Waals surface area contributed by atoms with E-state index in [4.69, 9.17) is 0 Å². The first-order valence-electron chi connectivity index (χ1n) is 6.24. The molecule has 0 atom stereocenters. The predicted molar refractivity (Wildman–Crippen MR) is 72.8 cm³/mol. The van der Waals surface area contributed by atoms with Crippen molar-refractivity contribution in [3.05, 3.63) is 34.8 Å². The molecule has 7 heteroatoms. The minimum atomic E-state index is -0.0438. The molecule has 0 unspecified atom stereocenters. The third-order valence-electron chi connectivity index (χ3n) is 3.09. The molecule has 0 radical (unpaired) electrons. The SMILES string of the molecule is O=C(NCCn1ccnn1)c1cc(Br)cn1C1CC1. The highest BCUT2D eigenvalue weighted by molar-refractivity contribution is 9.10. The largest absolute Gasteiger partial charge is 0.349 e. The molecule has 0 aliphatic heterocycles. The fourth-order valence-corrected chi connectivity index (χ4v) is 2.45. The van der Waals surface area contributed by atoms with E-state index in [1.807, 2.05) is 12.3 Å². The number of carbonyl (C=O) groups is 1. The molecule has 1 saturated carbocycles. The second kappa shape index (κ2) is 5.16. The van der Waals surface area contributed by atoms with Gasteiger partial charge in [0.15, 0.2) is 0 Å². The van der Waals surface area contributed by atoms with E-state index in [1.54, 1.807) is 17.1 Å². The monoisotopic (exact) mass is 323 g/mol. The van der Waals surface area contributed by atoms with E-state index in [1.165, 1.54) is 0 Å². The van der Waals surface area contributed by atoms with Gasteiger partial charge < -0.3 is 9.88 Å². The summed E-state index contributed by atoms with van der Waals surface area (Å²) < 4.78 is 4.69. The van der Waals surface area contributed by atoms with Crippen molar-refractivity contribution in [2.24, 2.45) is 0 Å². The van der Waals surface area contributed by atoms with E-state index in [0.717, 1.165) is 17.3 Å². The Morgan fingerprint density at radius 1 is 1.53 bits per heavy atom. The summed E-state index contributed by atoms with van der Waals surface area (Å²) in [4.78, 5) is 12.1. The second-order valence-corrected chi connectivity index (χ2v) is 5.52. The molecule has 6 nitrogen and oxygen atoms in total. The highest BCUT2D eigenvalue weighted by Gasteiger charge is 2.27. The average molecular weight is 324 g/mol. The van der Waals surface area contributed by atoms with Crippen molar-refractivity contribution in [3.8, 4) is 0 Å². The van der Waals surface area contributed by atoms with Gasteiger partial charge in [-0.25, -0.2) is 0 Å². The Labute approximate surface area is 118 Å². The third kappa shape index (κ3) is 2.86. The molecule has 1 N–H and O–H groups in total. The van der Waals surface area contributed by atoms with Gasteiger partial charge in [0, 0.05) is 29.5 Å². The topological polar surface area (TPSA) is 64.7 Å². The van der Waals surface area contributed by atoms with E-state index in [2.05, 4.69) is 36.1 Å². The molecule has 1 aliphatic carbocycles. The molecule has 100 valence electrons. The van der Waals surface area contributed by atoms with E-state index in [9.17, 15) is 4.79 Å². The van der Waals surface area contributed by atoms with Crippen molar-refractivity contribution in [2.45, 2.75) is 25.4 Å². The summed E-state index contributed by atoms with van der Waals surface area (Å²) in [6, 6.07) is 2.35. The minimum Gasteiger partial charge on any atom is -0.349 e.